The summed E-state index contributed by atoms with van der Waals surface area (Å²) in [6, 6.07) is -0.832. The lowest BCUT2D eigenvalue weighted by Crippen LogP contribution is -2.60. The molecule has 1 heterocycles. The minimum Gasteiger partial charge on any atom is -0.394 e. The molecule has 1 aliphatic heterocycles. The Balaban J connectivity index is 2.19. The number of hydrogen-bond acceptors (Lipinski definition) is 8. The molecular formula is C67H121NO8. The van der Waals surface area contributed by atoms with E-state index in [9.17, 15) is 30.3 Å². The molecule has 6 N–H and O–H groups in total. The van der Waals surface area contributed by atoms with Crippen molar-refractivity contribution in [2.45, 2.75) is 333 Å². The summed E-state index contributed by atoms with van der Waals surface area (Å²) in [6.45, 7) is 3.77. The summed E-state index contributed by atoms with van der Waals surface area (Å²) < 4.78 is 11.3. The molecule has 0 radical (unpaired) electrons. The molecule has 1 fully saturated rings. The van der Waals surface area contributed by atoms with Gasteiger partial charge in [-0.15, -0.1) is 0 Å². The van der Waals surface area contributed by atoms with Gasteiger partial charge in [-0.25, -0.2) is 0 Å². The van der Waals surface area contributed by atoms with Gasteiger partial charge in [-0.2, -0.15) is 0 Å². The number of amides is 1. The van der Waals surface area contributed by atoms with E-state index < -0.39 is 49.5 Å². The number of nitrogens with one attached hydrogen (secondary N) is 1. The Labute approximate surface area is 468 Å². The van der Waals surface area contributed by atoms with Crippen LogP contribution in [0.25, 0.3) is 0 Å². The van der Waals surface area contributed by atoms with Gasteiger partial charge in [0.15, 0.2) is 6.29 Å². The molecule has 0 saturated carbocycles. The summed E-state index contributed by atoms with van der Waals surface area (Å²) in [4.78, 5) is 13.1. The Kier molecular flexibility index (Phi) is 52.7. The van der Waals surface area contributed by atoms with Crippen LogP contribution in [0.4, 0.5) is 0 Å². The van der Waals surface area contributed by atoms with Crippen LogP contribution in [0.15, 0.2) is 72.9 Å². The fourth-order valence-corrected chi connectivity index (χ4v) is 9.90. The van der Waals surface area contributed by atoms with Crippen molar-refractivity contribution in [3.05, 3.63) is 72.9 Å². The van der Waals surface area contributed by atoms with Crippen molar-refractivity contribution in [2.75, 3.05) is 13.2 Å². The SMILES string of the molecule is CCCCCCC/C=C\C/C=C\C/C=C\CCCCCCCCCCCCCCCCCCC(=O)NC(COC1OC(CO)C(O)C(O)C1O)C(O)/C=C/CC/C=C/CC/C=C/CCCCCCCCCCCCCC. The molecule has 7 atom stereocenters. The van der Waals surface area contributed by atoms with Gasteiger partial charge in [0.2, 0.25) is 5.91 Å². The van der Waals surface area contributed by atoms with Crippen molar-refractivity contribution < 1.29 is 39.8 Å². The summed E-state index contributed by atoms with van der Waals surface area (Å²) >= 11 is 0. The lowest BCUT2D eigenvalue weighted by atomic mass is 9.99. The summed E-state index contributed by atoms with van der Waals surface area (Å²) in [6.07, 6.45) is 71.3. The van der Waals surface area contributed by atoms with Crippen molar-refractivity contribution >= 4 is 5.91 Å². The molecule has 0 aromatic rings. The monoisotopic (exact) mass is 1070 g/mol. The maximum Gasteiger partial charge on any atom is 0.220 e. The first-order chi connectivity index (χ1) is 37.3. The average molecular weight is 1070 g/mol. The molecule has 76 heavy (non-hydrogen) atoms. The molecule has 0 aliphatic carbocycles. The van der Waals surface area contributed by atoms with Gasteiger partial charge in [0.25, 0.3) is 0 Å². The highest BCUT2D eigenvalue weighted by atomic mass is 16.7. The van der Waals surface area contributed by atoms with Gasteiger partial charge in [-0.1, -0.05) is 273 Å². The summed E-state index contributed by atoms with van der Waals surface area (Å²) in [5, 5.41) is 54.6. The zero-order valence-electron chi connectivity index (χ0n) is 49.3. The van der Waals surface area contributed by atoms with Gasteiger partial charge < -0.3 is 40.3 Å². The third-order valence-electron chi connectivity index (χ3n) is 15.0. The predicted molar refractivity (Wildman–Crippen MR) is 322 cm³/mol. The van der Waals surface area contributed by atoms with Gasteiger partial charge in [0.1, 0.15) is 24.4 Å². The first-order valence-corrected chi connectivity index (χ1v) is 32.2. The number of hydrogen-bond donors (Lipinski definition) is 6. The van der Waals surface area contributed by atoms with E-state index in [2.05, 4.69) is 79.9 Å². The molecule has 0 aromatic carbocycles. The Bertz CT molecular complexity index is 1420. The number of allylic oxidation sites excluding steroid dienone is 11. The second-order valence-corrected chi connectivity index (χ2v) is 22.2. The number of rotatable bonds is 55. The molecular weight excluding hydrogens is 947 g/mol. The second kappa shape index (κ2) is 55.9. The van der Waals surface area contributed by atoms with E-state index in [1.54, 1.807) is 6.08 Å². The van der Waals surface area contributed by atoms with Crippen molar-refractivity contribution in [1.29, 1.82) is 0 Å². The Hall–Kier alpha value is -2.37. The number of unbranched alkanes of at least 4 members (excludes halogenated alkanes) is 35. The maximum atomic E-state index is 13.1. The molecule has 442 valence electrons. The van der Waals surface area contributed by atoms with Crippen LogP contribution in [-0.4, -0.2) is 87.5 Å². The molecule has 1 amide bonds. The van der Waals surface area contributed by atoms with Crippen LogP contribution in [0.5, 0.6) is 0 Å². The van der Waals surface area contributed by atoms with Crippen LogP contribution in [-0.2, 0) is 14.3 Å². The minimum atomic E-state index is -1.58. The van der Waals surface area contributed by atoms with E-state index in [1.165, 1.54) is 212 Å². The Morgan fingerprint density at radius 1 is 0.447 bits per heavy atom. The second-order valence-electron chi connectivity index (χ2n) is 22.2. The van der Waals surface area contributed by atoms with Crippen molar-refractivity contribution in [3.8, 4) is 0 Å². The zero-order valence-corrected chi connectivity index (χ0v) is 49.3. The van der Waals surface area contributed by atoms with Crippen LogP contribution < -0.4 is 5.32 Å². The van der Waals surface area contributed by atoms with Gasteiger partial charge in [0, 0.05) is 6.42 Å². The fourth-order valence-electron chi connectivity index (χ4n) is 9.90. The smallest absolute Gasteiger partial charge is 0.220 e. The third kappa shape index (κ3) is 44.5. The molecule has 9 heteroatoms. The van der Waals surface area contributed by atoms with Gasteiger partial charge >= 0.3 is 0 Å². The number of carbonyl (C=O) groups is 1. The normalized spacial score (nSPS) is 19.3. The molecule has 1 saturated heterocycles. The van der Waals surface area contributed by atoms with Gasteiger partial charge in [0.05, 0.1) is 25.4 Å². The number of ether oxygens (including phenoxy) is 2. The highest BCUT2D eigenvalue weighted by molar-refractivity contribution is 5.76. The van der Waals surface area contributed by atoms with Crippen molar-refractivity contribution in [2.24, 2.45) is 0 Å². The predicted octanol–water partition coefficient (Wildman–Crippen LogP) is 16.8. The molecule has 1 aliphatic rings. The average Bonchev–Trinajstić information content (AvgIpc) is 3.42. The third-order valence-corrected chi connectivity index (χ3v) is 15.0. The van der Waals surface area contributed by atoms with Gasteiger partial charge in [-0.3, -0.25) is 4.79 Å². The van der Waals surface area contributed by atoms with Crippen LogP contribution in [0.3, 0.4) is 0 Å². The van der Waals surface area contributed by atoms with Crippen molar-refractivity contribution in [1.82, 2.24) is 5.32 Å². The zero-order chi connectivity index (χ0) is 55.0. The summed E-state index contributed by atoms with van der Waals surface area (Å²) in [5.41, 5.74) is 0. The first-order valence-electron chi connectivity index (χ1n) is 32.2. The van der Waals surface area contributed by atoms with E-state index in [0.29, 0.717) is 6.42 Å². The van der Waals surface area contributed by atoms with Gasteiger partial charge in [-0.05, 0) is 83.5 Å². The largest absolute Gasteiger partial charge is 0.394 e. The van der Waals surface area contributed by atoms with Crippen LogP contribution >= 0.6 is 0 Å². The highest BCUT2D eigenvalue weighted by Crippen LogP contribution is 2.23. The Morgan fingerprint density at radius 2 is 0.789 bits per heavy atom. The van der Waals surface area contributed by atoms with E-state index in [1.807, 2.05) is 6.08 Å². The van der Waals surface area contributed by atoms with Crippen LogP contribution in [0, 0.1) is 0 Å². The number of carbonyl (C=O) groups excluding carboxylic acids is 1. The van der Waals surface area contributed by atoms with Crippen LogP contribution in [0.2, 0.25) is 0 Å². The van der Waals surface area contributed by atoms with E-state index >= 15 is 0 Å². The maximum absolute atomic E-state index is 13.1. The molecule has 0 spiro atoms. The van der Waals surface area contributed by atoms with E-state index in [4.69, 9.17) is 9.47 Å². The quantitative estimate of drug-likeness (QED) is 0.0261. The molecule has 0 aromatic heterocycles. The molecule has 1 rings (SSSR count). The molecule has 7 unspecified atom stereocenters. The minimum absolute atomic E-state index is 0.190. The highest BCUT2D eigenvalue weighted by Gasteiger charge is 2.44. The lowest BCUT2D eigenvalue weighted by molar-refractivity contribution is -0.302. The first kappa shape index (κ1) is 71.6. The van der Waals surface area contributed by atoms with E-state index in [-0.39, 0.29) is 12.5 Å². The number of aliphatic hydroxyl groups is 5. The lowest BCUT2D eigenvalue weighted by Gasteiger charge is -2.40. The summed E-state index contributed by atoms with van der Waals surface area (Å²) in [5.74, 6) is -0.190. The topological polar surface area (TPSA) is 149 Å². The molecule has 0 bridgehead atoms. The fraction of sp³-hybridized carbons (Fsp3) is 0.806. The van der Waals surface area contributed by atoms with E-state index in [0.717, 1.165) is 57.8 Å². The standard InChI is InChI=1S/C67H121NO8/c1-3-5-7-9-11-13-15-17-19-21-23-25-27-28-29-30-31-32-33-34-35-37-39-41-43-45-47-49-51-53-55-57-63(71)68-60(59-75-67-66(74)65(73)64(72)62(58-69)76-67)61(70)56-54-52-50-48-46-44-42-40-38-36-26-24-22-20-18-16-14-12-10-8-6-4-2/h15,17,21,23,27-28,38,40,46,48,54,56,60-62,64-67,69-70,72-74H,3-14,16,18-20,22,24-26,29-37,39,41-45,47,49-53,55,57-59H2,1-2H3,(H,68,71)/b17-15-,23-21-,28-27-,40-38+,48-46+,56-54+. The van der Waals surface area contributed by atoms with Crippen molar-refractivity contribution in [3.63, 3.8) is 0 Å². The molecule has 9 nitrogen and oxygen atoms in total. The summed E-state index contributed by atoms with van der Waals surface area (Å²) in [7, 11) is 0. The van der Waals surface area contributed by atoms with Crippen LogP contribution in [0.1, 0.15) is 290 Å². The number of aliphatic hydroxyl groups excluding tert-OH is 5. The Morgan fingerprint density at radius 3 is 1.20 bits per heavy atom.